The van der Waals surface area contributed by atoms with Gasteiger partial charge in [0.2, 0.25) is 70.9 Å². The van der Waals surface area contributed by atoms with Crippen molar-refractivity contribution < 1.29 is 62.6 Å². The first-order chi connectivity index (χ1) is 33.6. The van der Waals surface area contributed by atoms with Crippen molar-refractivity contribution in [2.24, 2.45) is 29.0 Å². The SMILES string of the molecule is CC[C@H](C)[C@@H]1NC(=O)[C@H](Cc2ccc(O)cc2)NC(=O)CCC(=O)NC[C@@H](C(=O)N(CC(=O)N[C@H](C(=O)NCC(N)=O)C2CCCCC2)C2CC2)NC(=O)[C@H](CC(N)=O)NC(=O)[C@H](CCC(N)=O)NC1=O. The number of nitrogens with zero attached hydrogens (tertiary/aromatic N) is 1. The van der Waals surface area contributed by atoms with E-state index in [0.29, 0.717) is 37.7 Å². The molecule has 4 rings (SSSR count). The lowest BCUT2D eigenvalue weighted by molar-refractivity contribution is -0.141. The van der Waals surface area contributed by atoms with Gasteiger partial charge in [-0.15, -0.1) is 0 Å². The molecule has 1 saturated heterocycles. The Hall–Kier alpha value is -7.34. The molecule has 0 aromatic heterocycles. The molecule has 12 amide bonds. The number of rotatable bonds is 18. The first kappa shape index (κ1) is 56.2. The second kappa shape index (κ2) is 27.2. The number of carbonyl (C=O) groups excluding carboxylic acids is 12. The molecule has 7 atom stereocenters. The van der Waals surface area contributed by atoms with E-state index in [4.69, 9.17) is 17.2 Å². The highest BCUT2D eigenvalue weighted by atomic mass is 16.3. The largest absolute Gasteiger partial charge is 0.508 e. The summed E-state index contributed by atoms with van der Waals surface area (Å²) in [7, 11) is 0. The van der Waals surface area contributed by atoms with Crippen molar-refractivity contribution in [1.29, 1.82) is 0 Å². The van der Waals surface area contributed by atoms with Crippen molar-refractivity contribution >= 4 is 70.9 Å². The highest BCUT2D eigenvalue weighted by Crippen LogP contribution is 2.29. The zero-order valence-corrected chi connectivity index (χ0v) is 40.1. The van der Waals surface area contributed by atoms with E-state index in [1.807, 2.05) is 0 Å². The van der Waals surface area contributed by atoms with Crippen molar-refractivity contribution in [1.82, 2.24) is 47.4 Å². The molecule has 2 saturated carbocycles. The van der Waals surface area contributed by atoms with Gasteiger partial charge >= 0.3 is 0 Å². The third-order valence-corrected chi connectivity index (χ3v) is 12.6. The molecule has 71 heavy (non-hydrogen) atoms. The summed E-state index contributed by atoms with van der Waals surface area (Å²) in [5.41, 5.74) is 16.6. The van der Waals surface area contributed by atoms with E-state index in [0.717, 1.165) is 24.2 Å². The second-order valence-corrected chi connectivity index (χ2v) is 18.4. The molecule has 25 nitrogen and oxygen atoms in total. The van der Waals surface area contributed by atoms with E-state index in [1.54, 1.807) is 13.8 Å². The molecule has 0 unspecified atom stereocenters. The van der Waals surface area contributed by atoms with Crippen molar-refractivity contribution in [3.8, 4) is 5.75 Å². The molecule has 1 aromatic rings. The van der Waals surface area contributed by atoms with E-state index in [1.165, 1.54) is 24.3 Å². The van der Waals surface area contributed by atoms with E-state index < -0.39 is 171 Å². The van der Waals surface area contributed by atoms with Crippen molar-refractivity contribution in [3.05, 3.63) is 29.8 Å². The fourth-order valence-corrected chi connectivity index (χ4v) is 8.30. The third-order valence-electron chi connectivity index (χ3n) is 12.6. The summed E-state index contributed by atoms with van der Waals surface area (Å²) in [6, 6.07) is -3.66. The molecule has 15 N–H and O–H groups in total. The maximum Gasteiger partial charge on any atom is 0.247 e. The smallest absolute Gasteiger partial charge is 0.247 e. The third kappa shape index (κ3) is 18.5. The summed E-state index contributed by atoms with van der Waals surface area (Å²) in [5, 5.41) is 30.0. The fraction of sp³-hybridized carbons (Fsp3) is 0.609. The number of aromatic hydroxyl groups is 1. The van der Waals surface area contributed by atoms with E-state index in [9.17, 15) is 62.6 Å². The minimum absolute atomic E-state index is 0.0632. The summed E-state index contributed by atoms with van der Waals surface area (Å²) >= 11 is 0. The molecule has 1 aliphatic heterocycles. The Bertz CT molecular complexity index is 2150. The van der Waals surface area contributed by atoms with Crippen LogP contribution in [0, 0.1) is 11.8 Å². The number of primary amides is 3. The van der Waals surface area contributed by atoms with Gasteiger partial charge in [-0.3, -0.25) is 57.5 Å². The van der Waals surface area contributed by atoms with Crippen LogP contribution in [0.5, 0.6) is 5.75 Å². The minimum atomic E-state index is -1.83. The molecule has 2 aliphatic carbocycles. The van der Waals surface area contributed by atoms with E-state index in [2.05, 4.69) is 42.5 Å². The zero-order valence-electron chi connectivity index (χ0n) is 40.1. The maximum absolute atomic E-state index is 14.6. The average Bonchev–Trinajstić information content (AvgIpc) is 4.18. The van der Waals surface area contributed by atoms with Crippen LogP contribution in [0.1, 0.15) is 103 Å². The van der Waals surface area contributed by atoms with Crippen LogP contribution in [-0.2, 0) is 64.0 Å². The first-order valence-corrected chi connectivity index (χ1v) is 23.9. The number of phenolic OH excluding ortho intramolecular Hbond substituents is 1. The molecular formula is C46H68N12O13. The van der Waals surface area contributed by atoms with Crippen molar-refractivity contribution in [2.45, 2.75) is 146 Å². The number of phenols is 1. The molecule has 1 heterocycles. The standard InChI is InChI=1S/C46H68N12O13/c1-3-24(2)39-45(70)53-29(15-16-33(47)60)41(66)54-31(20-34(48)61)42(67)55-32(21-50-36(63)17-18-37(64)52-30(43(68)57-39)19-25-9-13-28(59)14-10-25)46(71)58(27-11-12-27)23-38(65)56-40(26-7-5-4-6-8-26)44(69)51-22-35(49)62/h9-10,13-14,24,26-27,29-32,39-40,59H,3-8,11-12,15-23H2,1-2H3,(H2,47,60)(H2,48,61)(H2,49,62)(H,50,63)(H,51,69)(H,52,64)(H,53,70)(H,54,66)(H,55,67)(H,56,65)(H,57,68)/t24-,29-,30-,31-,32-,39-,40-/m0/s1. The number of nitrogens with two attached hydrogens (primary N) is 3. The molecule has 0 spiro atoms. The number of benzene rings is 1. The van der Waals surface area contributed by atoms with Gasteiger partial charge in [-0.25, -0.2) is 0 Å². The Morgan fingerprint density at radius 3 is 1.96 bits per heavy atom. The number of nitrogens with one attached hydrogen (secondary N) is 8. The van der Waals surface area contributed by atoms with Crippen LogP contribution in [0.2, 0.25) is 0 Å². The lowest BCUT2D eigenvalue weighted by Gasteiger charge is -2.32. The molecule has 1 aromatic carbocycles. The minimum Gasteiger partial charge on any atom is -0.508 e. The maximum atomic E-state index is 14.6. The van der Waals surface area contributed by atoms with Crippen LogP contribution >= 0.6 is 0 Å². The Balaban J connectivity index is 1.69. The Labute approximate surface area is 410 Å². The van der Waals surface area contributed by atoms with Gasteiger partial charge in [0.25, 0.3) is 0 Å². The summed E-state index contributed by atoms with van der Waals surface area (Å²) in [5.74, 6) is -11.5. The lowest BCUT2D eigenvalue weighted by Crippen LogP contribution is -2.62. The highest BCUT2D eigenvalue weighted by molar-refractivity contribution is 5.99. The van der Waals surface area contributed by atoms with Crippen molar-refractivity contribution in [2.75, 3.05) is 19.6 Å². The molecule has 0 bridgehead atoms. The van der Waals surface area contributed by atoms with Gasteiger partial charge in [-0.2, -0.15) is 0 Å². The number of hydrogen-bond donors (Lipinski definition) is 12. The fourth-order valence-electron chi connectivity index (χ4n) is 8.30. The summed E-state index contributed by atoms with van der Waals surface area (Å²) in [6.45, 7) is 1.63. The summed E-state index contributed by atoms with van der Waals surface area (Å²) in [4.78, 5) is 162. The quantitative estimate of drug-likeness (QED) is 0.0671. The zero-order chi connectivity index (χ0) is 52.4. The summed E-state index contributed by atoms with van der Waals surface area (Å²) < 4.78 is 0. The van der Waals surface area contributed by atoms with E-state index in [-0.39, 0.29) is 18.1 Å². The Kier molecular flexibility index (Phi) is 21.5. The highest BCUT2D eigenvalue weighted by Gasteiger charge is 2.41. The molecule has 25 heteroatoms. The van der Waals surface area contributed by atoms with Crippen LogP contribution in [-0.4, -0.2) is 143 Å². The van der Waals surface area contributed by atoms with Crippen LogP contribution in [0.15, 0.2) is 24.3 Å². The topological polar surface area (TPSA) is 403 Å². The van der Waals surface area contributed by atoms with E-state index >= 15 is 0 Å². The van der Waals surface area contributed by atoms with Gasteiger partial charge in [0, 0.05) is 38.3 Å². The monoisotopic (exact) mass is 997 g/mol. The first-order valence-electron chi connectivity index (χ1n) is 23.9. The van der Waals surface area contributed by atoms with Gasteiger partial charge in [-0.1, -0.05) is 51.7 Å². The molecule has 0 radical (unpaired) electrons. The van der Waals surface area contributed by atoms with Gasteiger partial charge in [-0.05, 0) is 61.6 Å². The molecular weight excluding hydrogens is 929 g/mol. The molecule has 390 valence electrons. The van der Waals surface area contributed by atoms with Crippen LogP contribution in [0.3, 0.4) is 0 Å². The van der Waals surface area contributed by atoms with Crippen LogP contribution in [0.25, 0.3) is 0 Å². The van der Waals surface area contributed by atoms with Crippen LogP contribution in [0.4, 0.5) is 0 Å². The van der Waals surface area contributed by atoms with Gasteiger partial charge in [0.1, 0.15) is 42.0 Å². The van der Waals surface area contributed by atoms with Crippen LogP contribution < -0.4 is 59.7 Å². The number of carbonyl (C=O) groups is 12. The number of amides is 12. The lowest BCUT2D eigenvalue weighted by atomic mass is 9.83. The van der Waals surface area contributed by atoms with Gasteiger partial charge in [0.15, 0.2) is 0 Å². The average molecular weight is 997 g/mol. The van der Waals surface area contributed by atoms with Gasteiger partial charge < -0.3 is 69.7 Å². The predicted octanol–water partition coefficient (Wildman–Crippen LogP) is -3.89. The second-order valence-electron chi connectivity index (χ2n) is 18.4. The Morgan fingerprint density at radius 1 is 0.732 bits per heavy atom. The number of hydrogen-bond acceptors (Lipinski definition) is 13. The predicted molar refractivity (Wildman–Crippen MR) is 251 cm³/mol. The summed E-state index contributed by atoms with van der Waals surface area (Å²) in [6.07, 6.45) is 2.09. The van der Waals surface area contributed by atoms with Crippen molar-refractivity contribution in [3.63, 3.8) is 0 Å². The molecule has 3 fully saturated rings. The van der Waals surface area contributed by atoms with Gasteiger partial charge in [0.05, 0.1) is 19.5 Å². The molecule has 3 aliphatic rings. The Morgan fingerprint density at radius 2 is 1.35 bits per heavy atom. The normalized spacial score (nSPS) is 23.1.